The summed E-state index contributed by atoms with van der Waals surface area (Å²) in [7, 11) is 2.23. The molecule has 0 aromatic carbocycles. The minimum Gasteiger partial charge on any atom is -0.309 e. The Kier molecular flexibility index (Phi) is 4.46. The van der Waals surface area contributed by atoms with Gasteiger partial charge in [-0.05, 0) is 69.3 Å². The number of piperidine rings is 1. The molecule has 1 aliphatic heterocycles. The van der Waals surface area contributed by atoms with Gasteiger partial charge in [-0.2, -0.15) is 0 Å². The van der Waals surface area contributed by atoms with Crippen LogP contribution < -0.4 is 5.32 Å². The first-order valence-electron chi connectivity index (χ1n) is 6.96. The fourth-order valence-corrected chi connectivity index (χ4v) is 3.62. The van der Waals surface area contributed by atoms with E-state index in [1.54, 1.807) is 0 Å². The van der Waals surface area contributed by atoms with E-state index in [0.717, 1.165) is 6.54 Å². The summed E-state index contributed by atoms with van der Waals surface area (Å²) in [6.07, 6.45) is 2.62. The Labute approximate surface area is 115 Å². The van der Waals surface area contributed by atoms with Crippen molar-refractivity contribution in [1.29, 1.82) is 0 Å². The maximum Gasteiger partial charge on any atom is 0.0388 e. The van der Waals surface area contributed by atoms with Gasteiger partial charge in [-0.1, -0.05) is 6.92 Å². The summed E-state index contributed by atoms with van der Waals surface area (Å²) in [6, 6.07) is 2.71. The quantitative estimate of drug-likeness (QED) is 0.898. The molecule has 1 aromatic rings. The topological polar surface area (TPSA) is 15.3 Å². The Balaban J connectivity index is 1.86. The Morgan fingerprint density at radius 1 is 1.44 bits per heavy atom. The molecule has 2 heterocycles. The van der Waals surface area contributed by atoms with Gasteiger partial charge in [-0.15, -0.1) is 11.3 Å². The average molecular weight is 266 g/mol. The fraction of sp³-hybridized carbons (Fsp3) is 0.733. The molecule has 1 aliphatic rings. The van der Waals surface area contributed by atoms with Gasteiger partial charge in [-0.25, -0.2) is 0 Å². The van der Waals surface area contributed by atoms with Gasteiger partial charge in [0.1, 0.15) is 0 Å². The van der Waals surface area contributed by atoms with Crippen molar-refractivity contribution in [3.63, 3.8) is 0 Å². The van der Waals surface area contributed by atoms with E-state index in [-0.39, 0.29) is 0 Å². The summed E-state index contributed by atoms with van der Waals surface area (Å²) in [5.41, 5.74) is 1.90. The fourth-order valence-electron chi connectivity index (χ4n) is 2.66. The SMILES string of the molecule is Cc1ccsc1C(C)NCC1(C)CCN(C)CC1. The average Bonchev–Trinajstić information content (AvgIpc) is 2.77. The van der Waals surface area contributed by atoms with E-state index in [0.29, 0.717) is 11.5 Å². The molecule has 2 nitrogen and oxygen atoms in total. The smallest absolute Gasteiger partial charge is 0.0388 e. The van der Waals surface area contributed by atoms with Crippen LogP contribution >= 0.6 is 11.3 Å². The van der Waals surface area contributed by atoms with Gasteiger partial charge in [0.05, 0.1) is 0 Å². The molecule has 1 fully saturated rings. The number of hydrogen-bond acceptors (Lipinski definition) is 3. The molecule has 0 radical (unpaired) electrons. The van der Waals surface area contributed by atoms with E-state index in [1.165, 1.54) is 36.4 Å². The van der Waals surface area contributed by atoms with Crippen molar-refractivity contribution >= 4 is 11.3 Å². The minimum absolute atomic E-state index is 0.478. The standard InChI is InChI=1S/C15H26N2S/c1-12-5-10-18-14(12)13(2)16-11-15(3)6-8-17(4)9-7-15/h5,10,13,16H,6-9,11H2,1-4H3. The summed E-state index contributed by atoms with van der Waals surface area (Å²) in [5, 5.41) is 5.94. The zero-order valence-electron chi connectivity index (χ0n) is 12.1. The summed E-state index contributed by atoms with van der Waals surface area (Å²) in [5.74, 6) is 0. The van der Waals surface area contributed by atoms with Crippen molar-refractivity contribution in [2.45, 2.75) is 39.7 Å². The molecular formula is C15H26N2S. The molecular weight excluding hydrogens is 240 g/mol. The van der Waals surface area contributed by atoms with E-state index in [1.807, 2.05) is 11.3 Å². The van der Waals surface area contributed by atoms with Gasteiger partial charge in [0.15, 0.2) is 0 Å². The van der Waals surface area contributed by atoms with Crippen LogP contribution in [0.4, 0.5) is 0 Å². The first-order valence-corrected chi connectivity index (χ1v) is 7.84. The van der Waals surface area contributed by atoms with Crippen LogP contribution in [0.1, 0.15) is 43.2 Å². The van der Waals surface area contributed by atoms with E-state index in [4.69, 9.17) is 0 Å². The highest BCUT2D eigenvalue weighted by Gasteiger charge is 2.29. The van der Waals surface area contributed by atoms with Crippen molar-refractivity contribution in [1.82, 2.24) is 10.2 Å². The van der Waals surface area contributed by atoms with Gasteiger partial charge in [-0.3, -0.25) is 0 Å². The number of hydrogen-bond donors (Lipinski definition) is 1. The molecule has 1 N–H and O–H groups in total. The first-order chi connectivity index (χ1) is 8.50. The highest BCUT2D eigenvalue weighted by atomic mass is 32.1. The Morgan fingerprint density at radius 3 is 2.67 bits per heavy atom. The van der Waals surface area contributed by atoms with E-state index in [2.05, 4.69) is 49.5 Å². The van der Waals surface area contributed by atoms with E-state index in [9.17, 15) is 0 Å². The van der Waals surface area contributed by atoms with Crippen LogP contribution in [0.3, 0.4) is 0 Å². The Hall–Kier alpha value is -0.380. The zero-order valence-corrected chi connectivity index (χ0v) is 12.9. The van der Waals surface area contributed by atoms with Crippen LogP contribution in [0, 0.1) is 12.3 Å². The number of thiophene rings is 1. The second-order valence-electron chi connectivity index (χ2n) is 6.18. The van der Waals surface area contributed by atoms with Crippen LogP contribution in [0.15, 0.2) is 11.4 Å². The number of rotatable bonds is 4. The maximum atomic E-state index is 3.74. The highest BCUT2D eigenvalue weighted by molar-refractivity contribution is 7.10. The highest BCUT2D eigenvalue weighted by Crippen LogP contribution is 2.31. The third-order valence-electron chi connectivity index (χ3n) is 4.32. The predicted octanol–water partition coefficient (Wildman–Crippen LogP) is 3.44. The number of aryl methyl sites for hydroxylation is 1. The molecule has 18 heavy (non-hydrogen) atoms. The zero-order chi connectivity index (χ0) is 13.2. The van der Waals surface area contributed by atoms with Crippen molar-refractivity contribution in [2.24, 2.45) is 5.41 Å². The van der Waals surface area contributed by atoms with Gasteiger partial charge in [0.25, 0.3) is 0 Å². The lowest BCUT2D eigenvalue weighted by Crippen LogP contribution is -2.42. The van der Waals surface area contributed by atoms with Crippen molar-refractivity contribution in [2.75, 3.05) is 26.7 Å². The molecule has 0 aliphatic carbocycles. The third-order valence-corrected chi connectivity index (χ3v) is 5.53. The van der Waals surface area contributed by atoms with Gasteiger partial charge < -0.3 is 10.2 Å². The molecule has 0 spiro atoms. The molecule has 1 saturated heterocycles. The van der Waals surface area contributed by atoms with Crippen LogP contribution in [-0.2, 0) is 0 Å². The molecule has 1 atom stereocenters. The minimum atomic E-state index is 0.478. The maximum absolute atomic E-state index is 3.74. The summed E-state index contributed by atoms with van der Waals surface area (Å²) >= 11 is 1.87. The first kappa shape index (κ1) is 14.0. The van der Waals surface area contributed by atoms with Crippen LogP contribution in [-0.4, -0.2) is 31.6 Å². The lowest BCUT2D eigenvalue weighted by atomic mass is 9.80. The van der Waals surface area contributed by atoms with Gasteiger partial charge in [0, 0.05) is 17.5 Å². The monoisotopic (exact) mass is 266 g/mol. The second-order valence-corrected chi connectivity index (χ2v) is 7.13. The largest absolute Gasteiger partial charge is 0.309 e. The molecule has 0 amide bonds. The van der Waals surface area contributed by atoms with Gasteiger partial charge >= 0.3 is 0 Å². The van der Waals surface area contributed by atoms with Crippen LogP contribution in [0.5, 0.6) is 0 Å². The van der Waals surface area contributed by atoms with Crippen molar-refractivity contribution in [3.05, 3.63) is 21.9 Å². The predicted molar refractivity (Wildman–Crippen MR) is 80.3 cm³/mol. The molecule has 2 rings (SSSR count). The molecule has 1 unspecified atom stereocenters. The Bertz CT molecular complexity index is 378. The van der Waals surface area contributed by atoms with Crippen molar-refractivity contribution in [3.8, 4) is 0 Å². The van der Waals surface area contributed by atoms with Crippen LogP contribution in [0.2, 0.25) is 0 Å². The van der Waals surface area contributed by atoms with E-state index < -0.39 is 0 Å². The number of nitrogens with one attached hydrogen (secondary N) is 1. The lowest BCUT2D eigenvalue weighted by Gasteiger charge is -2.38. The number of likely N-dealkylation sites (tertiary alicyclic amines) is 1. The van der Waals surface area contributed by atoms with Crippen molar-refractivity contribution < 1.29 is 0 Å². The third kappa shape index (κ3) is 3.34. The summed E-state index contributed by atoms with van der Waals surface area (Å²) in [4.78, 5) is 3.93. The lowest BCUT2D eigenvalue weighted by molar-refractivity contribution is 0.134. The molecule has 1 aromatic heterocycles. The normalized spacial score (nSPS) is 22.0. The summed E-state index contributed by atoms with van der Waals surface area (Å²) < 4.78 is 0. The number of nitrogens with zero attached hydrogens (tertiary/aromatic N) is 1. The molecule has 102 valence electrons. The van der Waals surface area contributed by atoms with Crippen LogP contribution in [0.25, 0.3) is 0 Å². The summed E-state index contributed by atoms with van der Waals surface area (Å²) in [6.45, 7) is 10.5. The Morgan fingerprint density at radius 2 is 2.11 bits per heavy atom. The molecule has 0 saturated carbocycles. The molecule has 0 bridgehead atoms. The van der Waals surface area contributed by atoms with Gasteiger partial charge in [0.2, 0.25) is 0 Å². The molecule has 3 heteroatoms. The van der Waals surface area contributed by atoms with E-state index >= 15 is 0 Å². The second kappa shape index (κ2) is 5.72.